The molecule has 0 aliphatic carbocycles. The van der Waals surface area contributed by atoms with Crippen LogP contribution in [0.4, 0.5) is 20.5 Å². The van der Waals surface area contributed by atoms with Crippen LogP contribution in [0.3, 0.4) is 0 Å². The number of halogens is 1. The standard InChI is InChI=1S/C31H29FN6O4S2/c1-3-41-29(40)27-26(11-7-15-42-24-13-12-20(8-6-14-39)17-22(24)32)44-30(35-27)33-18-21-16-19(2)28(38-37-21)36-31-34-23-9-4-5-10-25(23)43-31/h4-5,9-10,12-13,16-17,39H,3,7,11,14-15,18H2,1-2H3,(H,33,35)(H,34,36,38). The molecule has 44 heavy (non-hydrogen) atoms. The Morgan fingerprint density at radius 2 is 1.95 bits per heavy atom. The molecule has 5 aromatic rings. The van der Waals surface area contributed by atoms with Gasteiger partial charge in [-0.25, -0.2) is 19.2 Å². The summed E-state index contributed by atoms with van der Waals surface area (Å²) in [7, 11) is 0. The van der Waals surface area contributed by atoms with Crippen molar-refractivity contribution >= 4 is 54.9 Å². The minimum absolute atomic E-state index is 0.106. The molecule has 0 unspecified atom stereocenters. The first-order chi connectivity index (χ1) is 21.4. The third-order valence-electron chi connectivity index (χ3n) is 6.19. The smallest absolute Gasteiger partial charge is 0.358 e. The van der Waals surface area contributed by atoms with Crippen LogP contribution in [0.2, 0.25) is 0 Å². The SMILES string of the molecule is CCOC(=O)c1nc(NCc2cc(C)c(Nc3nc4ccccc4s3)nn2)sc1CCCOc1ccc(C#CCO)cc1F. The molecule has 0 fully saturated rings. The molecule has 0 saturated heterocycles. The quantitative estimate of drug-likeness (QED) is 0.0871. The second kappa shape index (κ2) is 14.7. The average molecular weight is 633 g/mol. The largest absolute Gasteiger partial charge is 0.491 e. The Morgan fingerprint density at radius 1 is 1.09 bits per heavy atom. The molecule has 0 aliphatic heterocycles. The fourth-order valence-corrected chi connectivity index (χ4v) is 6.00. The van der Waals surface area contributed by atoms with Gasteiger partial charge in [0, 0.05) is 10.4 Å². The molecular weight excluding hydrogens is 604 g/mol. The van der Waals surface area contributed by atoms with Crippen molar-refractivity contribution in [3.63, 3.8) is 0 Å². The number of aryl methyl sites for hydroxylation is 2. The number of hydrogen-bond acceptors (Lipinski definition) is 12. The first-order valence-electron chi connectivity index (χ1n) is 13.8. The lowest BCUT2D eigenvalue weighted by Gasteiger charge is -2.07. The Balaban J connectivity index is 1.19. The molecule has 3 heterocycles. The Kier molecular flexibility index (Phi) is 10.3. The van der Waals surface area contributed by atoms with Gasteiger partial charge in [0.05, 0.1) is 35.7 Å². The Hall–Kier alpha value is -4.64. The van der Waals surface area contributed by atoms with Gasteiger partial charge in [-0.2, -0.15) is 5.10 Å². The number of rotatable bonds is 12. The number of hydrogen-bond donors (Lipinski definition) is 3. The summed E-state index contributed by atoms with van der Waals surface area (Å²) >= 11 is 2.90. The zero-order valence-corrected chi connectivity index (χ0v) is 25.6. The van der Waals surface area contributed by atoms with Crippen molar-refractivity contribution in [3.05, 3.63) is 81.7 Å². The van der Waals surface area contributed by atoms with E-state index >= 15 is 0 Å². The highest BCUT2D eigenvalue weighted by molar-refractivity contribution is 7.22. The third-order valence-corrected chi connectivity index (χ3v) is 8.22. The van der Waals surface area contributed by atoms with E-state index in [1.165, 1.54) is 23.5 Å². The van der Waals surface area contributed by atoms with E-state index in [1.807, 2.05) is 37.3 Å². The first kappa shape index (κ1) is 30.8. The molecule has 5 rings (SSSR count). The monoisotopic (exact) mass is 632 g/mol. The van der Waals surface area contributed by atoms with Crippen LogP contribution in [-0.4, -0.2) is 51.1 Å². The second-order valence-electron chi connectivity index (χ2n) is 9.40. The summed E-state index contributed by atoms with van der Waals surface area (Å²) in [6, 6.07) is 14.2. The van der Waals surface area contributed by atoms with Gasteiger partial charge in [-0.15, -0.1) is 16.4 Å². The van der Waals surface area contributed by atoms with E-state index in [9.17, 15) is 9.18 Å². The fraction of sp³-hybridized carbons (Fsp3) is 0.258. The van der Waals surface area contributed by atoms with E-state index in [1.54, 1.807) is 24.3 Å². The predicted octanol–water partition coefficient (Wildman–Crippen LogP) is 5.88. The Bertz CT molecular complexity index is 1800. The number of carbonyl (C=O) groups excluding carboxylic acids is 1. The summed E-state index contributed by atoms with van der Waals surface area (Å²) in [5.41, 5.74) is 3.23. The van der Waals surface area contributed by atoms with Gasteiger partial charge < -0.3 is 25.2 Å². The lowest BCUT2D eigenvalue weighted by atomic mass is 10.2. The lowest BCUT2D eigenvalue weighted by Crippen LogP contribution is -2.09. The van der Waals surface area contributed by atoms with Gasteiger partial charge in [-0.3, -0.25) is 0 Å². The third kappa shape index (κ3) is 7.84. The van der Waals surface area contributed by atoms with Crippen molar-refractivity contribution in [1.82, 2.24) is 20.2 Å². The molecular formula is C31H29FN6O4S2. The molecule has 10 nitrogen and oxygen atoms in total. The van der Waals surface area contributed by atoms with Gasteiger partial charge in [0.15, 0.2) is 33.3 Å². The number of fused-ring (bicyclic) bond motifs is 1. The lowest BCUT2D eigenvalue weighted by molar-refractivity contribution is 0.0519. The van der Waals surface area contributed by atoms with Crippen molar-refractivity contribution in [1.29, 1.82) is 0 Å². The van der Waals surface area contributed by atoms with Gasteiger partial charge in [-0.05, 0) is 68.7 Å². The number of ether oxygens (including phenoxy) is 2. The van der Waals surface area contributed by atoms with Crippen LogP contribution in [-0.2, 0) is 17.7 Å². The maximum absolute atomic E-state index is 14.3. The molecule has 0 amide bonds. The maximum Gasteiger partial charge on any atom is 0.358 e. The number of aliphatic hydroxyl groups is 1. The van der Waals surface area contributed by atoms with Crippen molar-refractivity contribution in [2.75, 3.05) is 30.5 Å². The Morgan fingerprint density at radius 3 is 2.73 bits per heavy atom. The summed E-state index contributed by atoms with van der Waals surface area (Å²) in [6.45, 7) is 4.20. The normalized spacial score (nSPS) is 10.7. The summed E-state index contributed by atoms with van der Waals surface area (Å²) in [6.07, 6.45) is 1.01. The van der Waals surface area contributed by atoms with E-state index in [0.717, 1.165) is 25.8 Å². The highest BCUT2D eigenvalue weighted by Crippen LogP contribution is 2.29. The van der Waals surface area contributed by atoms with Crippen LogP contribution >= 0.6 is 22.7 Å². The molecule has 3 aromatic heterocycles. The summed E-state index contributed by atoms with van der Waals surface area (Å²) in [5.74, 6) is 4.83. The van der Waals surface area contributed by atoms with Gasteiger partial charge >= 0.3 is 5.97 Å². The summed E-state index contributed by atoms with van der Waals surface area (Å²) in [5, 5.41) is 25.3. The minimum Gasteiger partial charge on any atom is -0.491 e. The van der Waals surface area contributed by atoms with Crippen molar-refractivity contribution in [2.45, 2.75) is 33.2 Å². The molecule has 0 aliphatic rings. The summed E-state index contributed by atoms with van der Waals surface area (Å²) in [4.78, 5) is 22.4. The maximum atomic E-state index is 14.3. The van der Waals surface area contributed by atoms with E-state index in [2.05, 4.69) is 42.6 Å². The topological polar surface area (TPSA) is 131 Å². The molecule has 0 radical (unpaired) electrons. The van der Waals surface area contributed by atoms with Gasteiger partial charge in [-0.1, -0.05) is 35.3 Å². The molecule has 0 bridgehead atoms. The van der Waals surface area contributed by atoms with Crippen molar-refractivity contribution in [3.8, 4) is 17.6 Å². The van der Waals surface area contributed by atoms with Gasteiger partial charge in [0.25, 0.3) is 0 Å². The van der Waals surface area contributed by atoms with Crippen LogP contribution in [0.1, 0.15) is 45.5 Å². The molecule has 2 aromatic carbocycles. The van der Waals surface area contributed by atoms with E-state index in [-0.39, 0.29) is 31.3 Å². The molecule has 3 N–H and O–H groups in total. The predicted molar refractivity (Wildman–Crippen MR) is 169 cm³/mol. The second-order valence-corrected chi connectivity index (χ2v) is 11.5. The molecule has 13 heteroatoms. The highest BCUT2D eigenvalue weighted by atomic mass is 32.1. The number of anilines is 3. The highest BCUT2D eigenvalue weighted by Gasteiger charge is 2.20. The molecule has 0 spiro atoms. The van der Waals surface area contributed by atoms with E-state index in [0.29, 0.717) is 41.6 Å². The number of carbonyl (C=O) groups is 1. The number of aliphatic hydroxyl groups excluding tert-OH is 1. The van der Waals surface area contributed by atoms with E-state index in [4.69, 9.17) is 14.6 Å². The number of para-hydroxylation sites is 1. The first-order valence-corrected chi connectivity index (χ1v) is 15.5. The number of nitrogens with zero attached hydrogens (tertiary/aromatic N) is 4. The number of thiazole rings is 2. The minimum atomic E-state index is -0.537. The number of aromatic nitrogens is 4. The van der Waals surface area contributed by atoms with Crippen LogP contribution in [0, 0.1) is 24.6 Å². The van der Waals surface area contributed by atoms with E-state index < -0.39 is 11.8 Å². The average Bonchev–Trinajstić information content (AvgIpc) is 3.63. The molecule has 226 valence electrons. The number of nitrogens with one attached hydrogen (secondary N) is 2. The van der Waals surface area contributed by atoms with Gasteiger partial charge in [0.1, 0.15) is 6.61 Å². The van der Waals surface area contributed by atoms with Crippen molar-refractivity contribution < 1.29 is 23.8 Å². The summed E-state index contributed by atoms with van der Waals surface area (Å²) < 4.78 is 26.3. The van der Waals surface area contributed by atoms with Crippen LogP contribution in [0.15, 0.2) is 48.5 Å². The number of benzene rings is 2. The van der Waals surface area contributed by atoms with Gasteiger partial charge in [0.2, 0.25) is 0 Å². The number of esters is 1. The van der Waals surface area contributed by atoms with Crippen molar-refractivity contribution in [2.24, 2.45) is 0 Å². The van der Waals surface area contributed by atoms with Crippen LogP contribution in [0.25, 0.3) is 10.2 Å². The molecule has 0 atom stereocenters. The molecule has 0 saturated carbocycles. The fourth-order valence-electron chi connectivity index (χ4n) is 4.15. The zero-order valence-electron chi connectivity index (χ0n) is 24.0. The Labute approximate surface area is 261 Å². The van der Waals surface area contributed by atoms with Crippen LogP contribution < -0.4 is 15.4 Å². The van der Waals surface area contributed by atoms with Crippen LogP contribution in [0.5, 0.6) is 5.75 Å². The zero-order chi connectivity index (χ0) is 30.9.